The summed E-state index contributed by atoms with van der Waals surface area (Å²) in [6.45, 7) is 2.04. The van der Waals surface area contributed by atoms with Gasteiger partial charge in [0, 0.05) is 36.5 Å². The molecule has 0 unspecified atom stereocenters. The monoisotopic (exact) mass is 484 g/mol. The van der Waals surface area contributed by atoms with E-state index >= 15 is 0 Å². The predicted octanol–water partition coefficient (Wildman–Crippen LogP) is 4.09. The van der Waals surface area contributed by atoms with E-state index < -0.39 is 10.0 Å². The van der Waals surface area contributed by atoms with Gasteiger partial charge in [-0.05, 0) is 61.0 Å². The highest BCUT2D eigenvalue weighted by atomic mass is 32.2. The first-order chi connectivity index (χ1) is 16.2. The van der Waals surface area contributed by atoms with Gasteiger partial charge in [0.15, 0.2) is 0 Å². The molecule has 0 radical (unpaired) electrons. The molecule has 0 spiro atoms. The molecular formula is C25H28N2O6S. The van der Waals surface area contributed by atoms with Crippen molar-refractivity contribution < 1.29 is 27.4 Å². The number of amides is 1. The lowest BCUT2D eigenvalue weighted by molar-refractivity contribution is 0.0783. The van der Waals surface area contributed by atoms with Crippen molar-refractivity contribution in [3.63, 3.8) is 0 Å². The Balaban J connectivity index is 1.83. The highest BCUT2D eigenvalue weighted by Crippen LogP contribution is 2.27. The smallest absolute Gasteiger partial charge is 0.261 e. The second kappa shape index (κ2) is 10.5. The molecule has 0 atom stereocenters. The highest BCUT2D eigenvalue weighted by molar-refractivity contribution is 7.92. The van der Waals surface area contributed by atoms with E-state index in [9.17, 15) is 13.2 Å². The van der Waals surface area contributed by atoms with Crippen molar-refractivity contribution in [2.24, 2.45) is 0 Å². The summed E-state index contributed by atoms with van der Waals surface area (Å²) >= 11 is 0. The molecule has 0 saturated carbocycles. The van der Waals surface area contributed by atoms with E-state index in [-0.39, 0.29) is 17.3 Å². The Hall–Kier alpha value is -3.72. The van der Waals surface area contributed by atoms with E-state index in [0.717, 1.165) is 5.56 Å². The zero-order valence-electron chi connectivity index (χ0n) is 19.8. The minimum Gasteiger partial charge on any atom is -0.497 e. The average Bonchev–Trinajstić information content (AvgIpc) is 2.84. The van der Waals surface area contributed by atoms with Crippen molar-refractivity contribution in [2.45, 2.75) is 18.4 Å². The molecular weight excluding hydrogens is 456 g/mol. The summed E-state index contributed by atoms with van der Waals surface area (Å²) in [5.41, 5.74) is 2.15. The Kier molecular flexibility index (Phi) is 7.68. The van der Waals surface area contributed by atoms with Crippen molar-refractivity contribution in [3.05, 3.63) is 77.4 Å². The Morgan fingerprint density at radius 1 is 0.882 bits per heavy atom. The maximum Gasteiger partial charge on any atom is 0.261 e. The van der Waals surface area contributed by atoms with Crippen LogP contribution in [0.1, 0.15) is 21.5 Å². The van der Waals surface area contributed by atoms with Crippen LogP contribution in [-0.2, 0) is 16.6 Å². The van der Waals surface area contributed by atoms with Crippen LogP contribution in [0.2, 0.25) is 0 Å². The zero-order valence-corrected chi connectivity index (χ0v) is 20.6. The molecule has 0 aliphatic heterocycles. The van der Waals surface area contributed by atoms with E-state index in [1.54, 1.807) is 70.7 Å². The summed E-state index contributed by atoms with van der Waals surface area (Å²) in [7, 11) is 2.40. The SMILES string of the molecule is COc1ccc(NS(=O)(=O)c2ccc(C)c(C(=O)N(C)Cc3ccc(OC)cc3OC)c2)cc1. The summed E-state index contributed by atoms with van der Waals surface area (Å²) in [6.07, 6.45) is 0. The van der Waals surface area contributed by atoms with Gasteiger partial charge < -0.3 is 19.1 Å². The van der Waals surface area contributed by atoms with E-state index in [1.165, 1.54) is 24.1 Å². The summed E-state index contributed by atoms with van der Waals surface area (Å²) in [5.74, 6) is 1.54. The molecule has 0 fully saturated rings. The van der Waals surface area contributed by atoms with Gasteiger partial charge in [-0.25, -0.2) is 8.42 Å². The van der Waals surface area contributed by atoms with Crippen LogP contribution in [0.15, 0.2) is 65.6 Å². The second-order valence-electron chi connectivity index (χ2n) is 7.65. The van der Waals surface area contributed by atoms with E-state index in [0.29, 0.717) is 34.1 Å². The molecule has 1 N–H and O–H groups in total. The first-order valence-corrected chi connectivity index (χ1v) is 11.9. The van der Waals surface area contributed by atoms with Crippen molar-refractivity contribution >= 4 is 21.6 Å². The summed E-state index contributed by atoms with van der Waals surface area (Å²) in [4.78, 5) is 14.7. The molecule has 0 aliphatic rings. The number of ether oxygens (including phenoxy) is 3. The number of carbonyl (C=O) groups excluding carboxylic acids is 1. The molecule has 34 heavy (non-hydrogen) atoms. The summed E-state index contributed by atoms with van der Waals surface area (Å²) in [5, 5.41) is 0. The lowest BCUT2D eigenvalue weighted by Crippen LogP contribution is -2.27. The minimum atomic E-state index is -3.90. The molecule has 3 aromatic rings. The number of benzene rings is 3. The Bertz CT molecular complexity index is 1270. The van der Waals surface area contributed by atoms with Gasteiger partial charge in [0.25, 0.3) is 15.9 Å². The van der Waals surface area contributed by atoms with Crippen molar-refractivity contribution in [1.29, 1.82) is 0 Å². The maximum absolute atomic E-state index is 13.2. The third-order valence-electron chi connectivity index (χ3n) is 5.34. The quantitative estimate of drug-likeness (QED) is 0.492. The lowest BCUT2D eigenvalue weighted by Gasteiger charge is -2.21. The number of nitrogens with one attached hydrogen (secondary N) is 1. The molecule has 0 aromatic heterocycles. The Morgan fingerprint density at radius 2 is 1.53 bits per heavy atom. The molecule has 3 aromatic carbocycles. The van der Waals surface area contributed by atoms with Crippen LogP contribution < -0.4 is 18.9 Å². The summed E-state index contributed by atoms with van der Waals surface area (Å²) in [6, 6.07) is 16.4. The first-order valence-electron chi connectivity index (χ1n) is 10.4. The van der Waals surface area contributed by atoms with E-state index in [1.807, 2.05) is 6.07 Å². The number of sulfonamides is 1. The largest absolute Gasteiger partial charge is 0.497 e. The highest BCUT2D eigenvalue weighted by Gasteiger charge is 2.21. The van der Waals surface area contributed by atoms with Gasteiger partial charge in [0.05, 0.1) is 26.2 Å². The van der Waals surface area contributed by atoms with Gasteiger partial charge in [-0.1, -0.05) is 6.07 Å². The molecule has 0 aliphatic carbocycles. The molecule has 9 heteroatoms. The number of anilines is 1. The number of hydrogen-bond donors (Lipinski definition) is 1. The fourth-order valence-electron chi connectivity index (χ4n) is 3.39. The first kappa shape index (κ1) is 24.9. The van der Waals surface area contributed by atoms with Gasteiger partial charge in [-0.15, -0.1) is 0 Å². The molecule has 1 amide bonds. The Labute approximate surface area is 200 Å². The number of aryl methyl sites for hydroxylation is 1. The zero-order chi connectivity index (χ0) is 24.9. The topological polar surface area (TPSA) is 94.2 Å². The van der Waals surface area contributed by atoms with Crippen LogP contribution in [0, 0.1) is 6.92 Å². The van der Waals surface area contributed by atoms with Gasteiger partial charge in [-0.3, -0.25) is 9.52 Å². The van der Waals surface area contributed by atoms with Crippen LogP contribution >= 0.6 is 0 Å². The fourth-order valence-corrected chi connectivity index (χ4v) is 4.47. The maximum atomic E-state index is 13.2. The van der Waals surface area contributed by atoms with Gasteiger partial charge in [0.2, 0.25) is 0 Å². The number of hydrogen-bond acceptors (Lipinski definition) is 6. The number of carbonyl (C=O) groups is 1. The average molecular weight is 485 g/mol. The molecule has 8 nitrogen and oxygen atoms in total. The van der Waals surface area contributed by atoms with Gasteiger partial charge in [-0.2, -0.15) is 0 Å². The van der Waals surface area contributed by atoms with Crippen molar-refractivity contribution in [1.82, 2.24) is 4.90 Å². The third kappa shape index (κ3) is 5.60. The molecule has 0 heterocycles. The minimum absolute atomic E-state index is 0.00676. The van der Waals surface area contributed by atoms with Gasteiger partial charge in [0.1, 0.15) is 17.2 Å². The van der Waals surface area contributed by atoms with Gasteiger partial charge >= 0.3 is 0 Å². The van der Waals surface area contributed by atoms with Crippen LogP contribution in [-0.4, -0.2) is 47.6 Å². The third-order valence-corrected chi connectivity index (χ3v) is 6.72. The normalized spacial score (nSPS) is 11.0. The second-order valence-corrected chi connectivity index (χ2v) is 9.33. The predicted molar refractivity (Wildman–Crippen MR) is 130 cm³/mol. The number of nitrogens with zero attached hydrogens (tertiary/aromatic N) is 1. The van der Waals surface area contributed by atoms with Crippen molar-refractivity contribution in [3.8, 4) is 17.2 Å². The molecule has 0 saturated heterocycles. The van der Waals surface area contributed by atoms with E-state index in [4.69, 9.17) is 14.2 Å². The number of methoxy groups -OCH3 is 3. The summed E-state index contributed by atoms with van der Waals surface area (Å²) < 4.78 is 44.2. The molecule has 0 bridgehead atoms. The lowest BCUT2D eigenvalue weighted by atomic mass is 10.1. The standard InChI is InChI=1S/C25H28N2O6S/c1-17-6-13-22(34(29,30)26-19-8-11-20(31-3)12-9-19)15-23(17)25(28)27(2)16-18-7-10-21(32-4)14-24(18)33-5/h6-15,26H,16H2,1-5H3. The van der Waals surface area contributed by atoms with Crippen LogP contribution in [0.5, 0.6) is 17.2 Å². The van der Waals surface area contributed by atoms with Crippen molar-refractivity contribution in [2.75, 3.05) is 33.1 Å². The van der Waals surface area contributed by atoms with E-state index in [2.05, 4.69) is 4.72 Å². The molecule has 3 rings (SSSR count). The van der Waals surface area contributed by atoms with Crippen LogP contribution in [0.25, 0.3) is 0 Å². The van der Waals surface area contributed by atoms with Crippen LogP contribution in [0.4, 0.5) is 5.69 Å². The Morgan fingerprint density at radius 3 is 2.15 bits per heavy atom. The fraction of sp³-hybridized carbons (Fsp3) is 0.240. The van der Waals surface area contributed by atoms with Crippen LogP contribution in [0.3, 0.4) is 0 Å². The molecule has 180 valence electrons. The number of rotatable bonds is 9.